The molecule has 2 aromatic heterocycles. The number of amides is 1. The van der Waals surface area contributed by atoms with Crippen molar-refractivity contribution in [3.8, 4) is 5.75 Å². The highest BCUT2D eigenvalue weighted by Gasteiger charge is 2.42. The largest absolute Gasteiger partial charge is 0.503 e. The molecule has 0 saturated heterocycles. The van der Waals surface area contributed by atoms with Gasteiger partial charge in [-0.2, -0.15) is 0 Å². The summed E-state index contributed by atoms with van der Waals surface area (Å²) in [7, 11) is 1.62. The summed E-state index contributed by atoms with van der Waals surface area (Å²) < 4.78 is 5.31. The van der Waals surface area contributed by atoms with E-state index in [1.807, 2.05) is 24.4 Å². The van der Waals surface area contributed by atoms with E-state index in [4.69, 9.17) is 4.74 Å². The van der Waals surface area contributed by atoms with Crippen molar-refractivity contribution >= 4 is 22.6 Å². The molecule has 1 aliphatic rings. The maximum atomic E-state index is 12.7. The number of carbonyl (C=O) groups excluding carboxylic acids is 2. The Morgan fingerprint density at radius 3 is 2.83 bits per heavy atom. The molecule has 0 saturated carbocycles. The van der Waals surface area contributed by atoms with Crippen molar-refractivity contribution in [2.45, 2.75) is 19.4 Å². The van der Waals surface area contributed by atoms with Crippen molar-refractivity contribution in [1.82, 2.24) is 14.9 Å². The number of carbonyl (C=O) groups is 2. The van der Waals surface area contributed by atoms with Crippen LogP contribution in [0.4, 0.5) is 0 Å². The molecule has 0 unspecified atom stereocenters. The van der Waals surface area contributed by atoms with Crippen LogP contribution in [0.1, 0.15) is 24.2 Å². The number of aromatic nitrogens is 2. The van der Waals surface area contributed by atoms with Crippen molar-refractivity contribution in [3.05, 3.63) is 71.4 Å². The molecule has 1 atom stereocenters. The number of Topliss-reactive ketones (excluding diaryl/α,β-unsaturated/α-hetero) is 1. The SMILES string of the molecule is COc1ccc2[nH]cc(CCN3C(=O)C(O)=C(C(C)=O)[C@@H]3c3ccccn3)c2c1. The minimum Gasteiger partial charge on any atom is -0.503 e. The number of aliphatic hydroxyl groups excluding tert-OH is 1. The Morgan fingerprint density at radius 1 is 1.31 bits per heavy atom. The molecule has 148 valence electrons. The Hall–Kier alpha value is -3.61. The van der Waals surface area contributed by atoms with Gasteiger partial charge in [0.2, 0.25) is 0 Å². The van der Waals surface area contributed by atoms with E-state index in [-0.39, 0.29) is 11.4 Å². The third kappa shape index (κ3) is 3.24. The minimum atomic E-state index is -0.694. The van der Waals surface area contributed by atoms with Gasteiger partial charge in [0.25, 0.3) is 5.91 Å². The molecule has 0 radical (unpaired) electrons. The van der Waals surface area contributed by atoms with E-state index in [1.165, 1.54) is 11.8 Å². The molecular formula is C22H21N3O4. The van der Waals surface area contributed by atoms with Crippen LogP contribution in [0.15, 0.2) is 60.1 Å². The third-order valence-electron chi connectivity index (χ3n) is 5.25. The molecule has 7 nitrogen and oxygen atoms in total. The summed E-state index contributed by atoms with van der Waals surface area (Å²) in [5.41, 5.74) is 2.63. The lowest BCUT2D eigenvalue weighted by atomic mass is 10.0. The van der Waals surface area contributed by atoms with Crippen LogP contribution < -0.4 is 4.74 Å². The van der Waals surface area contributed by atoms with E-state index in [0.29, 0.717) is 18.7 Å². The van der Waals surface area contributed by atoms with Gasteiger partial charge in [-0.25, -0.2) is 0 Å². The zero-order valence-corrected chi connectivity index (χ0v) is 16.2. The van der Waals surface area contributed by atoms with Gasteiger partial charge < -0.3 is 19.7 Å². The Bertz CT molecular complexity index is 1120. The number of benzene rings is 1. The van der Waals surface area contributed by atoms with E-state index in [2.05, 4.69) is 9.97 Å². The number of H-pyrrole nitrogens is 1. The number of hydrogen-bond donors (Lipinski definition) is 2. The number of ketones is 1. The Balaban J connectivity index is 1.65. The lowest BCUT2D eigenvalue weighted by Crippen LogP contribution is -2.33. The fourth-order valence-corrected chi connectivity index (χ4v) is 3.82. The van der Waals surface area contributed by atoms with Crippen molar-refractivity contribution < 1.29 is 19.4 Å². The Labute approximate surface area is 167 Å². The summed E-state index contributed by atoms with van der Waals surface area (Å²) in [5, 5.41) is 11.4. The summed E-state index contributed by atoms with van der Waals surface area (Å²) in [6, 6.07) is 10.4. The van der Waals surface area contributed by atoms with E-state index < -0.39 is 17.7 Å². The smallest absolute Gasteiger partial charge is 0.290 e. The number of pyridine rings is 1. The Morgan fingerprint density at radius 2 is 2.14 bits per heavy atom. The molecular weight excluding hydrogens is 370 g/mol. The summed E-state index contributed by atoms with van der Waals surface area (Å²) in [6.07, 6.45) is 4.05. The van der Waals surface area contributed by atoms with Crippen LogP contribution in [0, 0.1) is 0 Å². The molecule has 0 fully saturated rings. The summed E-state index contributed by atoms with van der Waals surface area (Å²) >= 11 is 0. The zero-order chi connectivity index (χ0) is 20.5. The summed E-state index contributed by atoms with van der Waals surface area (Å²) in [4.78, 5) is 33.9. The number of fused-ring (bicyclic) bond motifs is 1. The predicted molar refractivity (Wildman–Crippen MR) is 108 cm³/mol. The first-order valence-electron chi connectivity index (χ1n) is 9.31. The first kappa shape index (κ1) is 18.7. The maximum Gasteiger partial charge on any atom is 0.290 e. The second-order valence-corrected chi connectivity index (χ2v) is 6.95. The fourth-order valence-electron chi connectivity index (χ4n) is 3.82. The molecule has 3 heterocycles. The number of aliphatic hydroxyl groups is 1. The zero-order valence-electron chi connectivity index (χ0n) is 16.2. The van der Waals surface area contributed by atoms with Gasteiger partial charge in [0.1, 0.15) is 11.8 Å². The number of nitrogens with zero attached hydrogens (tertiary/aromatic N) is 2. The molecule has 0 spiro atoms. The lowest BCUT2D eigenvalue weighted by Gasteiger charge is -2.25. The van der Waals surface area contributed by atoms with Gasteiger partial charge in [-0.05, 0) is 49.2 Å². The average Bonchev–Trinajstić information content (AvgIpc) is 3.25. The standard InChI is InChI=1S/C22H21N3O4/c1-13(26)19-20(18-5-3-4-9-23-18)25(22(28)21(19)27)10-8-14-12-24-17-7-6-15(29-2)11-16(14)17/h3-7,9,11-12,20,24,27H,8,10H2,1-2H3/t20-/m0/s1. The molecule has 0 bridgehead atoms. The summed E-state index contributed by atoms with van der Waals surface area (Å²) in [5.74, 6) is -0.636. The topological polar surface area (TPSA) is 95.5 Å². The Kier molecular flexibility index (Phi) is 4.80. The highest BCUT2D eigenvalue weighted by molar-refractivity contribution is 6.08. The average molecular weight is 391 g/mol. The van der Waals surface area contributed by atoms with Gasteiger partial charge in [0.15, 0.2) is 11.5 Å². The molecule has 2 N–H and O–H groups in total. The quantitative estimate of drug-likeness (QED) is 0.673. The number of nitrogens with one attached hydrogen (secondary N) is 1. The number of hydrogen-bond acceptors (Lipinski definition) is 5. The van der Waals surface area contributed by atoms with Gasteiger partial charge in [0, 0.05) is 29.8 Å². The molecule has 29 heavy (non-hydrogen) atoms. The van der Waals surface area contributed by atoms with Crippen LogP contribution in [-0.4, -0.2) is 45.3 Å². The summed E-state index contributed by atoms with van der Waals surface area (Å²) in [6.45, 7) is 1.68. The van der Waals surface area contributed by atoms with E-state index >= 15 is 0 Å². The van der Waals surface area contributed by atoms with Crippen LogP contribution in [0.2, 0.25) is 0 Å². The van der Waals surface area contributed by atoms with Gasteiger partial charge in [0.05, 0.1) is 18.4 Å². The number of methoxy groups -OCH3 is 1. The fraction of sp³-hybridized carbons (Fsp3) is 0.227. The second-order valence-electron chi connectivity index (χ2n) is 6.95. The van der Waals surface area contributed by atoms with Crippen molar-refractivity contribution in [3.63, 3.8) is 0 Å². The van der Waals surface area contributed by atoms with Crippen molar-refractivity contribution in [1.29, 1.82) is 0 Å². The highest BCUT2D eigenvalue weighted by atomic mass is 16.5. The molecule has 1 amide bonds. The van der Waals surface area contributed by atoms with Gasteiger partial charge in [-0.15, -0.1) is 0 Å². The molecule has 4 rings (SSSR count). The van der Waals surface area contributed by atoms with E-state index in [0.717, 1.165) is 22.2 Å². The molecule has 1 aromatic carbocycles. The predicted octanol–water partition coefficient (Wildman–Crippen LogP) is 3.10. The second kappa shape index (κ2) is 7.43. The molecule has 1 aliphatic heterocycles. The van der Waals surface area contributed by atoms with Gasteiger partial charge in [-0.1, -0.05) is 6.07 Å². The number of rotatable bonds is 6. The molecule has 0 aliphatic carbocycles. The van der Waals surface area contributed by atoms with Crippen LogP contribution >= 0.6 is 0 Å². The lowest BCUT2D eigenvalue weighted by molar-refractivity contribution is -0.129. The van der Waals surface area contributed by atoms with Gasteiger partial charge in [-0.3, -0.25) is 14.6 Å². The normalized spacial score (nSPS) is 16.7. The monoisotopic (exact) mass is 391 g/mol. The highest BCUT2D eigenvalue weighted by Crippen LogP contribution is 2.37. The van der Waals surface area contributed by atoms with Crippen LogP contribution in [-0.2, 0) is 16.0 Å². The first-order chi connectivity index (χ1) is 14.0. The van der Waals surface area contributed by atoms with E-state index in [1.54, 1.807) is 31.5 Å². The van der Waals surface area contributed by atoms with Crippen LogP contribution in [0.25, 0.3) is 10.9 Å². The maximum absolute atomic E-state index is 12.7. The van der Waals surface area contributed by atoms with Crippen molar-refractivity contribution in [2.24, 2.45) is 0 Å². The van der Waals surface area contributed by atoms with Crippen molar-refractivity contribution in [2.75, 3.05) is 13.7 Å². The molecule has 3 aromatic rings. The number of ether oxygens (including phenoxy) is 1. The van der Waals surface area contributed by atoms with E-state index in [9.17, 15) is 14.7 Å². The third-order valence-corrected chi connectivity index (χ3v) is 5.25. The number of aromatic amines is 1. The van der Waals surface area contributed by atoms with Gasteiger partial charge >= 0.3 is 0 Å². The van der Waals surface area contributed by atoms with Crippen LogP contribution in [0.3, 0.4) is 0 Å². The van der Waals surface area contributed by atoms with Crippen LogP contribution in [0.5, 0.6) is 5.75 Å². The minimum absolute atomic E-state index is 0.0919. The molecule has 7 heteroatoms. The first-order valence-corrected chi connectivity index (χ1v) is 9.31.